The molecular weight excluding hydrogens is 805 g/mol. The van der Waals surface area contributed by atoms with Gasteiger partial charge in [-0.25, -0.2) is 0 Å². The Morgan fingerprint density at radius 3 is 1.00 bits per heavy atom. The highest BCUT2D eigenvalue weighted by molar-refractivity contribution is 5.71. The Balaban J connectivity index is 4.03. The summed E-state index contributed by atoms with van der Waals surface area (Å²) in [5, 5.41) is 0. The van der Waals surface area contributed by atoms with Crippen molar-refractivity contribution in [3.63, 3.8) is 0 Å². The first kappa shape index (κ1) is 61.6. The summed E-state index contributed by atoms with van der Waals surface area (Å²) in [7, 11) is 0. The number of ether oxygens (including phenoxy) is 3. The first-order valence-corrected chi connectivity index (χ1v) is 27.1. The van der Waals surface area contributed by atoms with Crippen LogP contribution in [0.2, 0.25) is 0 Å². The maximum Gasteiger partial charge on any atom is 0.306 e. The van der Waals surface area contributed by atoms with Crippen molar-refractivity contribution in [2.45, 2.75) is 258 Å². The molecule has 0 N–H and O–H groups in total. The summed E-state index contributed by atoms with van der Waals surface area (Å²) in [6.07, 6.45) is 69.1. The second kappa shape index (κ2) is 53.2. The molecule has 0 amide bonds. The maximum atomic E-state index is 12.7. The van der Waals surface area contributed by atoms with E-state index >= 15 is 0 Å². The number of unbranched alkanes of at least 4 members (excludes halogenated alkanes) is 23. The van der Waals surface area contributed by atoms with Crippen LogP contribution >= 0.6 is 0 Å². The monoisotopic (exact) mass is 905 g/mol. The summed E-state index contributed by atoms with van der Waals surface area (Å²) in [5.41, 5.74) is 0. The van der Waals surface area contributed by atoms with Crippen molar-refractivity contribution in [2.75, 3.05) is 13.2 Å². The third-order valence-corrected chi connectivity index (χ3v) is 11.4. The largest absolute Gasteiger partial charge is 0.462 e. The molecule has 0 fully saturated rings. The van der Waals surface area contributed by atoms with E-state index < -0.39 is 6.10 Å². The lowest BCUT2D eigenvalue weighted by molar-refractivity contribution is -0.167. The van der Waals surface area contributed by atoms with Gasteiger partial charge in [0.25, 0.3) is 0 Å². The zero-order chi connectivity index (χ0) is 47.2. The topological polar surface area (TPSA) is 78.9 Å². The van der Waals surface area contributed by atoms with Gasteiger partial charge in [0.2, 0.25) is 0 Å². The zero-order valence-electron chi connectivity index (χ0n) is 42.5. The van der Waals surface area contributed by atoms with Crippen molar-refractivity contribution in [3.05, 3.63) is 85.1 Å². The van der Waals surface area contributed by atoms with Gasteiger partial charge in [-0.05, 0) is 89.9 Å². The van der Waals surface area contributed by atoms with Crippen molar-refractivity contribution in [2.24, 2.45) is 0 Å². The van der Waals surface area contributed by atoms with Crippen LogP contribution in [0.15, 0.2) is 85.1 Å². The van der Waals surface area contributed by atoms with Gasteiger partial charge in [-0.1, -0.05) is 228 Å². The molecule has 0 aromatic rings. The van der Waals surface area contributed by atoms with Gasteiger partial charge in [0, 0.05) is 19.3 Å². The molecule has 65 heavy (non-hydrogen) atoms. The highest BCUT2D eigenvalue weighted by atomic mass is 16.6. The van der Waals surface area contributed by atoms with Gasteiger partial charge in [-0.3, -0.25) is 14.4 Å². The van der Waals surface area contributed by atoms with Gasteiger partial charge in [0.15, 0.2) is 6.10 Å². The molecule has 0 saturated carbocycles. The standard InChI is InChI=1S/C59H100O6/c1-4-7-10-13-15-17-19-21-22-23-24-25-26-27-28-29-30-31-32-33-34-35-36-38-39-41-43-46-49-52-58(61)64-55-56(54-63-57(60)51-48-45-12-9-6-3)65-59(62)53-50-47-44-42-40-37-20-18-16-14-11-8-5-2/h7,10-11,14-15,17-18,20-22,24-25,27-28,56H,4-6,8-9,12-13,16,19,23,26,29-55H2,1-3H3/b10-7-,14-11-,17-15-,20-18-,22-21-,25-24-,28-27-. The van der Waals surface area contributed by atoms with Crippen LogP contribution in [-0.4, -0.2) is 37.2 Å². The molecule has 372 valence electrons. The summed E-state index contributed by atoms with van der Waals surface area (Å²) in [6.45, 7) is 6.36. The molecular formula is C59H100O6. The van der Waals surface area contributed by atoms with Crippen LogP contribution in [0.25, 0.3) is 0 Å². The predicted molar refractivity (Wildman–Crippen MR) is 279 cm³/mol. The van der Waals surface area contributed by atoms with Crippen molar-refractivity contribution >= 4 is 17.9 Å². The zero-order valence-corrected chi connectivity index (χ0v) is 42.5. The van der Waals surface area contributed by atoms with Crippen molar-refractivity contribution in [1.29, 1.82) is 0 Å². The molecule has 0 aromatic heterocycles. The third kappa shape index (κ3) is 51.4. The fourth-order valence-electron chi connectivity index (χ4n) is 7.33. The second-order valence-electron chi connectivity index (χ2n) is 17.8. The van der Waals surface area contributed by atoms with E-state index in [0.717, 1.165) is 128 Å². The van der Waals surface area contributed by atoms with E-state index in [-0.39, 0.29) is 31.1 Å². The molecule has 0 spiro atoms. The number of rotatable bonds is 48. The summed E-state index contributed by atoms with van der Waals surface area (Å²) in [5.74, 6) is -0.911. The van der Waals surface area contributed by atoms with E-state index in [1.165, 1.54) is 83.5 Å². The minimum Gasteiger partial charge on any atom is -0.462 e. The Kier molecular flexibility index (Phi) is 50.4. The number of esters is 3. The van der Waals surface area contributed by atoms with Crippen LogP contribution in [0, 0.1) is 0 Å². The van der Waals surface area contributed by atoms with E-state index in [1.807, 2.05) is 0 Å². The first-order valence-electron chi connectivity index (χ1n) is 27.1. The molecule has 1 atom stereocenters. The van der Waals surface area contributed by atoms with E-state index in [0.29, 0.717) is 19.3 Å². The predicted octanol–water partition coefficient (Wildman–Crippen LogP) is 18.0. The van der Waals surface area contributed by atoms with Crippen molar-refractivity contribution in [1.82, 2.24) is 0 Å². The summed E-state index contributed by atoms with van der Waals surface area (Å²) < 4.78 is 16.7. The molecule has 0 rings (SSSR count). The normalized spacial score (nSPS) is 12.7. The van der Waals surface area contributed by atoms with Gasteiger partial charge < -0.3 is 14.2 Å². The molecule has 0 aliphatic carbocycles. The average molecular weight is 905 g/mol. The maximum absolute atomic E-state index is 12.7. The molecule has 1 unspecified atom stereocenters. The molecule has 0 aromatic carbocycles. The van der Waals surface area contributed by atoms with E-state index in [9.17, 15) is 14.4 Å². The Morgan fingerprint density at radius 2 is 0.631 bits per heavy atom. The van der Waals surface area contributed by atoms with Crippen molar-refractivity contribution in [3.8, 4) is 0 Å². The van der Waals surface area contributed by atoms with Gasteiger partial charge in [0.05, 0.1) is 0 Å². The van der Waals surface area contributed by atoms with E-state index in [4.69, 9.17) is 14.2 Å². The fourth-order valence-corrected chi connectivity index (χ4v) is 7.33. The number of hydrogen-bond donors (Lipinski definition) is 0. The first-order chi connectivity index (χ1) is 32.0. The minimum atomic E-state index is -0.778. The molecule has 0 aliphatic heterocycles. The van der Waals surface area contributed by atoms with E-state index in [2.05, 4.69) is 106 Å². The highest BCUT2D eigenvalue weighted by Crippen LogP contribution is 2.15. The quantitative estimate of drug-likeness (QED) is 0.0262. The number of hydrogen-bond acceptors (Lipinski definition) is 6. The molecule has 0 aliphatic rings. The Hall–Kier alpha value is -3.41. The number of carbonyl (C=O) groups is 3. The average Bonchev–Trinajstić information content (AvgIpc) is 3.30. The number of allylic oxidation sites excluding steroid dienone is 14. The fraction of sp³-hybridized carbons (Fsp3) is 0.712. The molecule has 6 heteroatoms. The molecule has 0 radical (unpaired) electrons. The van der Waals surface area contributed by atoms with Crippen LogP contribution in [-0.2, 0) is 28.6 Å². The smallest absolute Gasteiger partial charge is 0.306 e. The SMILES string of the molecule is CC/C=C\C/C=C\C/C=C\C/C=C\C/C=C\CCCCCCCCCCCCCCCC(=O)OCC(COC(=O)CCCCCCC)OC(=O)CCCCCCC/C=C\C/C=C\CCC. The third-order valence-electron chi connectivity index (χ3n) is 11.4. The Labute approximate surface area is 401 Å². The summed E-state index contributed by atoms with van der Waals surface area (Å²) in [4.78, 5) is 37.7. The summed E-state index contributed by atoms with van der Waals surface area (Å²) >= 11 is 0. The lowest BCUT2D eigenvalue weighted by Gasteiger charge is -2.18. The highest BCUT2D eigenvalue weighted by Gasteiger charge is 2.19. The van der Waals surface area contributed by atoms with Gasteiger partial charge in [-0.2, -0.15) is 0 Å². The van der Waals surface area contributed by atoms with Crippen LogP contribution in [0.3, 0.4) is 0 Å². The lowest BCUT2D eigenvalue weighted by atomic mass is 10.0. The lowest BCUT2D eigenvalue weighted by Crippen LogP contribution is -2.30. The molecule has 0 heterocycles. The van der Waals surface area contributed by atoms with Gasteiger partial charge >= 0.3 is 17.9 Å². The number of carbonyl (C=O) groups excluding carboxylic acids is 3. The summed E-state index contributed by atoms with van der Waals surface area (Å²) in [6, 6.07) is 0. The Morgan fingerprint density at radius 1 is 0.323 bits per heavy atom. The minimum absolute atomic E-state index is 0.0820. The van der Waals surface area contributed by atoms with Gasteiger partial charge in [0.1, 0.15) is 13.2 Å². The van der Waals surface area contributed by atoms with E-state index in [1.54, 1.807) is 0 Å². The van der Waals surface area contributed by atoms with Crippen LogP contribution in [0.5, 0.6) is 0 Å². The van der Waals surface area contributed by atoms with Crippen molar-refractivity contribution < 1.29 is 28.6 Å². The van der Waals surface area contributed by atoms with Crippen LogP contribution < -0.4 is 0 Å². The van der Waals surface area contributed by atoms with Crippen LogP contribution in [0.4, 0.5) is 0 Å². The molecule has 6 nitrogen and oxygen atoms in total. The second-order valence-corrected chi connectivity index (χ2v) is 17.8. The van der Waals surface area contributed by atoms with Gasteiger partial charge in [-0.15, -0.1) is 0 Å². The molecule has 0 saturated heterocycles. The molecule has 0 bridgehead atoms. The Bertz CT molecular complexity index is 1270. The van der Waals surface area contributed by atoms with Crippen LogP contribution in [0.1, 0.15) is 252 Å².